The average Bonchev–Trinajstić information content (AvgIpc) is 3.01. The number of hydrogen-bond acceptors (Lipinski definition) is 6. The van der Waals surface area contributed by atoms with E-state index >= 15 is 0 Å². The SMILES string of the molecule is CNc1nc(Nc2cccc(F)c2)nc(-n2ccnc2)n1. The summed E-state index contributed by atoms with van der Waals surface area (Å²) in [6, 6.07) is 6.06. The normalized spacial score (nSPS) is 10.4. The zero-order valence-electron chi connectivity index (χ0n) is 11.2. The average molecular weight is 285 g/mol. The third-order valence-corrected chi connectivity index (χ3v) is 2.66. The summed E-state index contributed by atoms with van der Waals surface area (Å²) in [4.78, 5) is 16.6. The predicted octanol–water partition coefficient (Wildman–Crippen LogP) is 1.98. The molecule has 2 N–H and O–H groups in total. The molecule has 1 aromatic carbocycles. The number of imidazole rings is 1. The highest BCUT2D eigenvalue weighted by Gasteiger charge is 2.07. The topological polar surface area (TPSA) is 80.5 Å². The molecule has 0 saturated carbocycles. The van der Waals surface area contributed by atoms with E-state index in [4.69, 9.17) is 0 Å². The van der Waals surface area contributed by atoms with Crippen molar-refractivity contribution >= 4 is 17.6 Å². The second-order valence-corrected chi connectivity index (χ2v) is 4.14. The maximum atomic E-state index is 13.2. The van der Waals surface area contributed by atoms with Crippen LogP contribution in [0.4, 0.5) is 22.0 Å². The second kappa shape index (κ2) is 5.53. The van der Waals surface area contributed by atoms with Crippen LogP contribution in [0.3, 0.4) is 0 Å². The van der Waals surface area contributed by atoms with Crippen molar-refractivity contribution in [2.24, 2.45) is 0 Å². The molecule has 7 nitrogen and oxygen atoms in total. The number of nitrogens with zero attached hydrogens (tertiary/aromatic N) is 5. The van der Waals surface area contributed by atoms with Crippen molar-refractivity contribution in [1.29, 1.82) is 0 Å². The number of halogens is 1. The minimum Gasteiger partial charge on any atom is -0.357 e. The lowest BCUT2D eigenvalue weighted by Gasteiger charge is -2.08. The maximum Gasteiger partial charge on any atom is 0.241 e. The van der Waals surface area contributed by atoms with Gasteiger partial charge in [-0.1, -0.05) is 6.07 Å². The van der Waals surface area contributed by atoms with Crippen molar-refractivity contribution in [2.45, 2.75) is 0 Å². The van der Waals surface area contributed by atoms with Gasteiger partial charge in [-0.15, -0.1) is 0 Å². The molecule has 0 aliphatic rings. The van der Waals surface area contributed by atoms with E-state index in [-0.39, 0.29) is 5.82 Å². The summed E-state index contributed by atoms with van der Waals surface area (Å²) in [6.07, 6.45) is 4.93. The molecule has 0 saturated heterocycles. The fourth-order valence-electron chi connectivity index (χ4n) is 1.72. The monoisotopic (exact) mass is 285 g/mol. The van der Waals surface area contributed by atoms with Crippen LogP contribution in [0.15, 0.2) is 43.0 Å². The van der Waals surface area contributed by atoms with Gasteiger partial charge in [0, 0.05) is 25.1 Å². The Morgan fingerprint density at radius 1 is 1.14 bits per heavy atom. The minimum atomic E-state index is -0.335. The van der Waals surface area contributed by atoms with E-state index in [1.165, 1.54) is 12.1 Å². The Kier molecular flexibility index (Phi) is 3.42. The number of hydrogen-bond donors (Lipinski definition) is 2. The molecule has 8 heteroatoms. The van der Waals surface area contributed by atoms with Crippen LogP contribution in [0.25, 0.3) is 5.95 Å². The van der Waals surface area contributed by atoms with Gasteiger partial charge >= 0.3 is 0 Å². The Morgan fingerprint density at radius 3 is 2.71 bits per heavy atom. The fraction of sp³-hybridized carbons (Fsp3) is 0.0769. The van der Waals surface area contributed by atoms with Crippen molar-refractivity contribution in [2.75, 3.05) is 17.7 Å². The molecule has 0 atom stereocenters. The number of nitrogens with one attached hydrogen (secondary N) is 2. The molecule has 0 bridgehead atoms. The zero-order valence-corrected chi connectivity index (χ0v) is 11.2. The Balaban J connectivity index is 1.96. The molecule has 3 aromatic rings. The van der Waals surface area contributed by atoms with E-state index in [9.17, 15) is 4.39 Å². The van der Waals surface area contributed by atoms with Crippen LogP contribution in [0.5, 0.6) is 0 Å². The third-order valence-electron chi connectivity index (χ3n) is 2.66. The number of rotatable bonds is 4. The molecule has 3 rings (SSSR count). The van der Waals surface area contributed by atoms with E-state index in [0.717, 1.165) is 0 Å². The highest BCUT2D eigenvalue weighted by atomic mass is 19.1. The van der Waals surface area contributed by atoms with E-state index in [0.29, 0.717) is 23.5 Å². The fourth-order valence-corrected chi connectivity index (χ4v) is 1.72. The summed E-state index contributed by atoms with van der Waals surface area (Å²) < 4.78 is 14.9. The number of anilines is 3. The zero-order chi connectivity index (χ0) is 14.7. The molecule has 0 spiro atoms. The maximum absolute atomic E-state index is 13.2. The van der Waals surface area contributed by atoms with Crippen LogP contribution >= 0.6 is 0 Å². The van der Waals surface area contributed by atoms with Gasteiger partial charge < -0.3 is 10.6 Å². The Hall–Kier alpha value is -3.03. The van der Waals surface area contributed by atoms with Crippen molar-refractivity contribution in [3.05, 3.63) is 48.8 Å². The highest BCUT2D eigenvalue weighted by Crippen LogP contribution is 2.16. The molecule has 0 radical (unpaired) electrons. The van der Waals surface area contributed by atoms with Gasteiger partial charge in [-0.3, -0.25) is 4.57 Å². The highest BCUT2D eigenvalue weighted by molar-refractivity contribution is 5.54. The first-order valence-electron chi connectivity index (χ1n) is 6.19. The number of benzene rings is 1. The largest absolute Gasteiger partial charge is 0.357 e. The molecule has 0 unspecified atom stereocenters. The first kappa shape index (κ1) is 13.0. The van der Waals surface area contributed by atoms with Gasteiger partial charge in [0.25, 0.3) is 0 Å². The summed E-state index contributed by atoms with van der Waals surface area (Å²) in [7, 11) is 1.71. The predicted molar refractivity (Wildman–Crippen MR) is 76.2 cm³/mol. The molecule has 0 amide bonds. The van der Waals surface area contributed by atoms with Gasteiger partial charge in [-0.05, 0) is 18.2 Å². The first-order chi connectivity index (χ1) is 10.2. The Bertz CT molecular complexity index is 742. The van der Waals surface area contributed by atoms with E-state index in [1.807, 2.05) is 0 Å². The van der Waals surface area contributed by atoms with Gasteiger partial charge in [-0.25, -0.2) is 9.37 Å². The van der Waals surface area contributed by atoms with E-state index in [1.54, 1.807) is 42.5 Å². The lowest BCUT2D eigenvalue weighted by molar-refractivity contribution is 0.628. The van der Waals surface area contributed by atoms with E-state index in [2.05, 4.69) is 30.6 Å². The summed E-state index contributed by atoms with van der Waals surface area (Å²) in [5.41, 5.74) is 0.555. The van der Waals surface area contributed by atoms with Gasteiger partial charge in [-0.2, -0.15) is 15.0 Å². The lowest BCUT2D eigenvalue weighted by atomic mass is 10.3. The number of aromatic nitrogens is 5. The minimum absolute atomic E-state index is 0.309. The summed E-state index contributed by atoms with van der Waals surface area (Å²) >= 11 is 0. The summed E-state index contributed by atoms with van der Waals surface area (Å²) in [5.74, 6) is 0.778. The summed E-state index contributed by atoms with van der Waals surface area (Å²) in [5, 5.41) is 5.80. The van der Waals surface area contributed by atoms with Crippen LogP contribution in [0.2, 0.25) is 0 Å². The standard InChI is InChI=1S/C13H12FN7/c1-15-11-18-12(17-10-4-2-3-9(14)7-10)20-13(19-11)21-6-5-16-8-21/h2-8H,1H3,(H2,15,17,18,19,20). The van der Waals surface area contributed by atoms with Crippen molar-refractivity contribution < 1.29 is 4.39 Å². The third kappa shape index (κ3) is 2.94. The molecule has 2 heterocycles. The Labute approximate surface area is 119 Å². The smallest absolute Gasteiger partial charge is 0.241 e. The van der Waals surface area contributed by atoms with E-state index < -0.39 is 0 Å². The van der Waals surface area contributed by atoms with Crippen LogP contribution < -0.4 is 10.6 Å². The molecule has 2 aromatic heterocycles. The summed E-state index contributed by atoms with van der Waals surface area (Å²) in [6.45, 7) is 0. The van der Waals surface area contributed by atoms with Gasteiger partial charge in [0.2, 0.25) is 17.8 Å². The molecule has 0 fully saturated rings. The van der Waals surface area contributed by atoms with Gasteiger partial charge in [0.05, 0.1) is 0 Å². The molecule has 21 heavy (non-hydrogen) atoms. The lowest BCUT2D eigenvalue weighted by Crippen LogP contribution is -2.08. The molecular formula is C13H12FN7. The Morgan fingerprint density at radius 2 is 2.00 bits per heavy atom. The van der Waals surface area contributed by atoms with Crippen molar-refractivity contribution in [1.82, 2.24) is 24.5 Å². The quantitative estimate of drug-likeness (QED) is 0.763. The molecular weight excluding hydrogens is 273 g/mol. The van der Waals surface area contributed by atoms with Crippen LogP contribution in [-0.2, 0) is 0 Å². The first-order valence-corrected chi connectivity index (χ1v) is 6.19. The molecule has 0 aliphatic heterocycles. The van der Waals surface area contributed by atoms with Crippen molar-refractivity contribution in [3.8, 4) is 5.95 Å². The van der Waals surface area contributed by atoms with Crippen LogP contribution in [-0.4, -0.2) is 31.6 Å². The van der Waals surface area contributed by atoms with Crippen LogP contribution in [0.1, 0.15) is 0 Å². The second-order valence-electron chi connectivity index (χ2n) is 4.14. The van der Waals surface area contributed by atoms with Crippen LogP contribution in [0, 0.1) is 5.82 Å². The van der Waals surface area contributed by atoms with Crippen molar-refractivity contribution in [3.63, 3.8) is 0 Å². The molecule has 106 valence electrons. The van der Waals surface area contributed by atoms with Gasteiger partial charge in [0.15, 0.2) is 0 Å². The van der Waals surface area contributed by atoms with Gasteiger partial charge in [0.1, 0.15) is 12.1 Å². The molecule has 0 aliphatic carbocycles.